The van der Waals surface area contributed by atoms with Gasteiger partial charge in [-0.25, -0.2) is 4.98 Å². The molecule has 0 bridgehead atoms. The third-order valence-corrected chi connectivity index (χ3v) is 5.44. The zero-order valence-electron chi connectivity index (χ0n) is 15.0. The van der Waals surface area contributed by atoms with Crippen molar-refractivity contribution in [3.05, 3.63) is 82.0 Å². The molecule has 0 aliphatic carbocycles. The number of rotatable bonds is 4. The van der Waals surface area contributed by atoms with Gasteiger partial charge >= 0.3 is 0 Å². The second kappa shape index (κ2) is 7.66. The van der Waals surface area contributed by atoms with Gasteiger partial charge in [-0.15, -0.1) is 0 Å². The number of anilines is 2. The number of fused-ring (bicyclic) bond motifs is 1. The molecule has 4 rings (SSSR count). The Morgan fingerprint density at radius 3 is 2.32 bits per heavy atom. The fourth-order valence-electron chi connectivity index (χ4n) is 3.35. The molecular weight excluding hydrogens is 391 g/mol. The maximum absolute atomic E-state index is 6.19. The molecule has 0 aliphatic heterocycles. The van der Waals surface area contributed by atoms with Crippen LogP contribution in [0.3, 0.4) is 0 Å². The molecule has 1 heterocycles. The van der Waals surface area contributed by atoms with E-state index in [1.807, 2.05) is 18.2 Å². The molecule has 140 valence electrons. The van der Waals surface area contributed by atoms with Crippen LogP contribution in [0.4, 0.5) is 11.8 Å². The first kappa shape index (κ1) is 18.5. The van der Waals surface area contributed by atoms with E-state index in [2.05, 4.69) is 40.3 Å². The van der Waals surface area contributed by atoms with Gasteiger partial charge in [0.1, 0.15) is 5.82 Å². The van der Waals surface area contributed by atoms with E-state index in [9.17, 15) is 0 Å². The lowest BCUT2D eigenvalue weighted by molar-refractivity contribution is 0.911. The standard InChI is InChI=1S/C22H18Cl2N4/c23-17-9-8-16(12-18(17)24)20-19(27-22(26)28-21(20)25)10-6-13-5-7-14-3-1-2-4-15(14)11-13/h1-5,7-9,11-12H,6,10H2,(H4,25,26,27,28). The van der Waals surface area contributed by atoms with Crippen molar-refractivity contribution in [2.24, 2.45) is 0 Å². The summed E-state index contributed by atoms with van der Waals surface area (Å²) in [6.07, 6.45) is 1.47. The molecule has 4 aromatic rings. The predicted octanol–water partition coefficient (Wildman–Crippen LogP) is 5.55. The highest BCUT2D eigenvalue weighted by molar-refractivity contribution is 6.42. The van der Waals surface area contributed by atoms with E-state index >= 15 is 0 Å². The van der Waals surface area contributed by atoms with Crippen LogP contribution in [0, 0.1) is 0 Å². The fraction of sp³-hybridized carbons (Fsp3) is 0.0909. The summed E-state index contributed by atoms with van der Waals surface area (Å²) in [6, 6.07) is 20.1. The fourth-order valence-corrected chi connectivity index (χ4v) is 3.65. The smallest absolute Gasteiger partial charge is 0.222 e. The second-order valence-corrected chi connectivity index (χ2v) is 7.41. The average Bonchev–Trinajstić information content (AvgIpc) is 2.68. The molecular formula is C22H18Cl2N4. The number of aryl methyl sites for hydroxylation is 2. The maximum atomic E-state index is 6.19. The van der Waals surface area contributed by atoms with Crippen LogP contribution in [0.5, 0.6) is 0 Å². The molecule has 3 aromatic carbocycles. The van der Waals surface area contributed by atoms with Gasteiger partial charge in [0.05, 0.1) is 15.7 Å². The molecule has 0 aliphatic rings. The van der Waals surface area contributed by atoms with E-state index in [-0.39, 0.29) is 5.95 Å². The number of hydrogen-bond donors (Lipinski definition) is 2. The average molecular weight is 409 g/mol. The Labute approximate surface area is 173 Å². The number of benzene rings is 3. The van der Waals surface area contributed by atoms with Crippen LogP contribution in [-0.4, -0.2) is 9.97 Å². The van der Waals surface area contributed by atoms with E-state index in [0.717, 1.165) is 23.2 Å². The second-order valence-electron chi connectivity index (χ2n) is 6.60. The van der Waals surface area contributed by atoms with Gasteiger partial charge < -0.3 is 11.5 Å². The van der Waals surface area contributed by atoms with Crippen LogP contribution in [-0.2, 0) is 12.8 Å². The summed E-state index contributed by atoms with van der Waals surface area (Å²) >= 11 is 12.2. The van der Waals surface area contributed by atoms with E-state index in [0.29, 0.717) is 22.3 Å². The molecule has 4 nitrogen and oxygen atoms in total. The van der Waals surface area contributed by atoms with Crippen LogP contribution in [0.2, 0.25) is 10.0 Å². The summed E-state index contributed by atoms with van der Waals surface area (Å²) in [4.78, 5) is 8.58. The molecule has 0 radical (unpaired) electrons. The molecule has 1 aromatic heterocycles. The van der Waals surface area contributed by atoms with Crippen LogP contribution < -0.4 is 11.5 Å². The Kier molecular flexibility index (Phi) is 5.07. The van der Waals surface area contributed by atoms with Gasteiger partial charge in [-0.2, -0.15) is 4.98 Å². The zero-order valence-corrected chi connectivity index (χ0v) is 16.5. The lowest BCUT2D eigenvalue weighted by Gasteiger charge is -2.13. The SMILES string of the molecule is Nc1nc(N)c(-c2ccc(Cl)c(Cl)c2)c(CCc2ccc3ccccc3c2)n1. The quantitative estimate of drug-likeness (QED) is 0.463. The first-order chi connectivity index (χ1) is 13.5. The number of nitrogens with two attached hydrogens (primary N) is 2. The minimum absolute atomic E-state index is 0.162. The molecule has 28 heavy (non-hydrogen) atoms. The van der Waals surface area contributed by atoms with Gasteiger partial charge in [-0.05, 0) is 46.9 Å². The van der Waals surface area contributed by atoms with Crippen molar-refractivity contribution in [2.75, 3.05) is 11.5 Å². The molecule has 0 fully saturated rings. The minimum atomic E-state index is 0.162. The number of nitrogen functional groups attached to an aromatic ring is 2. The van der Waals surface area contributed by atoms with Crippen molar-refractivity contribution in [1.82, 2.24) is 9.97 Å². The Morgan fingerprint density at radius 2 is 1.54 bits per heavy atom. The van der Waals surface area contributed by atoms with Crippen molar-refractivity contribution < 1.29 is 0 Å². The first-order valence-corrected chi connectivity index (χ1v) is 9.62. The molecule has 0 unspecified atom stereocenters. The Morgan fingerprint density at radius 1 is 0.750 bits per heavy atom. The van der Waals surface area contributed by atoms with E-state index in [1.54, 1.807) is 12.1 Å². The Balaban J connectivity index is 1.69. The predicted molar refractivity (Wildman–Crippen MR) is 118 cm³/mol. The summed E-state index contributed by atoms with van der Waals surface area (Å²) in [6.45, 7) is 0. The first-order valence-electron chi connectivity index (χ1n) is 8.86. The summed E-state index contributed by atoms with van der Waals surface area (Å²) in [5.41, 5.74) is 15.6. The Hall–Kier alpha value is -2.82. The molecule has 0 saturated carbocycles. The van der Waals surface area contributed by atoms with Crippen LogP contribution in [0.1, 0.15) is 11.3 Å². The Bertz CT molecular complexity index is 1170. The molecule has 4 N–H and O–H groups in total. The van der Waals surface area contributed by atoms with Gasteiger partial charge in [-0.3, -0.25) is 0 Å². The van der Waals surface area contributed by atoms with E-state index in [4.69, 9.17) is 34.7 Å². The number of nitrogens with zero attached hydrogens (tertiary/aromatic N) is 2. The zero-order chi connectivity index (χ0) is 19.7. The largest absolute Gasteiger partial charge is 0.383 e. The molecule has 0 saturated heterocycles. The number of aromatic nitrogens is 2. The topological polar surface area (TPSA) is 77.8 Å². The molecule has 0 atom stereocenters. The molecule has 0 amide bonds. The maximum Gasteiger partial charge on any atom is 0.222 e. The third kappa shape index (κ3) is 3.75. The lowest BCUT2D eigenvalue weighted by Crippen LogP contribution is -2.08. The van der Waals surface area contributed by atoms with Crippen molar-refractivity contribution in [2.45, 2.75) is 12.8 Å². The van der Waals surface area contributed by atoms with Crippen molar-refractivity contribution in [3.8, 4) is 11.1 Å². The van der Waals surface area contributed by atoms with Crippen LogP contribution >= 0.6 is 23.2 Å². The van der Waals surface area contributed by atoms with Gasteiger partial charge in [0, 0.05) is 5.56 Å². The summed E-state index contributed by atoms with van der Waals surface area (Å²) in [5.74, 6) is 0.495. The lowest BCUT2D eigenvalue weighted by atomic mass is 9.98. The highest BCUT2D eigenvalue weighted by Crippen LogP contribution is 2.33. The van der Waals surface area contributed by atoms with Crippen molar-refractivity contribution in [3.63, 3.8) is 0 Å². The molecule has 0 spiro atoms. The van der Waals surface area contributed by atoms with Gasteiger partial charge in [0.15, 0.2) is 0 Å². The summed E-state index contributed by atoms with van der Waals surface area (Å²) in [7, 11) is 0. The third-order valence-electron chi connectivity index (χ3n) is 4.70. The van der Waals surface area contributed by atoms with Crippen LogP contribution in [0.15, 0.2) is 60.7 Å². The van der Waals surface area contributed by atoms with Crippen molar-refractivity contribution in [1.29, 1.82) is 0 Å². The summed E-state index contributed by atoms with van der Waals surface area (Å²) < 4.78 is 0. The number of hydrogen-bond acceptors (Lipinski definition) is 4. The number of halogens is 2. The van der Waals surface area contributed by atoms with E-state index in [1.165, 1.54) is 16.3 Å². The monoisotopic (exact) mass is 408 g/mol. The normalized spacial score (nSPS) is 11.1. The minimum Gasteiger partial charge on any atom is -0.383 e. The van der Waals surface area contributed by atoms with E-state index < -0.39 is 0 Å². The highest BCUT2D eigenvalue weighted by Gasteiger charge is 2.15. The van der Waals surface area contributed by atoms with Crippen LogP contribution in [0.25, 0.3) is 21.9 Å². The summed E-state index contributed by atoms with van der Waals surface area (Å²) in [5, 5.41) is 3.37. The highest BCUT2D eigenvalue weighted by atomic mass is 35.5. The van der Waals surface area contributed by atoms with Gasteiger partial charge in [0.2, 0.25) is 5.95 Å². The van der Waals surface area contributed by atoms with Gasteiger partial charge in [0.25, 0.3) is 0 Å². The van der Waals surface area contributed by atoms with Gasteiger partial charge in [-0.1, -0.05) is 71.7 Å². The van der Waals surface area contributed by atoms with Crippen molar-refractivity contribution >= 4 is 45.7 Å². The molecule has 6 heteroatoms.